The molecule has 0 amide bonds. The number of aromatic nitrogens is 2. The zero-order chi connectivity index (χ0) is 14.0. The van der Waals surface area contributed by atoms with Crippen LogP contribution in [-0.4, -0.2) is 9.78 Å². The van der Waals surface area contributed by atoms with Gasteiger partial charge in [0.15, 0.2) is 0 Å². The molecule has 2 rings (SSSR count). The second kappa shape index (κ2) is 6.04. The predicted octanol–water partition coefficient (Wildman–Crippen LogP) is 2.56. The van der Waals surface area contributed by atoms with E-state index >= 15 is 0 Å². The van der Waals surface area contributed by atoms with Crippen molar-refractivity contribution in [3.8, 4) is 0 Å². The van der Waals surface area contributed by atoms with Crippen LogP contribution in [-0.2, 0) is 6.54 Å². The number of benzene rings is 1. The maximum Gasteiger partial charge on any atom is 0.0909 e. The Labute approximate surface area is 128 Å². The molecular formula is C12H15Br2N5. The third kappa shape index (κ3) is 2.84. The monoisotopic (exact) mass is 387 g/mol. The quantitative estimate of drug-likeness (QED) is 0.427. The zero-order valence-corrected chi connectivity index (χ0v) is 13.6. The average molecular weight is 389 g/mol. The largest absolute Gasteiger partial charge is 0.398 e. The van der Waals surface area contributed by atoms with Gasteiger partial charge in [-0.2, -0.15) is 5.10 Å². The molecule has 0 bridgehead atoms. The average Bonchev–Trinajstić information content (AvgIpc) is 2.76. The molecule has 0 fully saturated rings. The molecular weight excluding hydrogens is 374 g/mol. The molecule has 5 nitrogen and oxygen atoms in total. The number of rotatable bonds is 4. The van der Waals surface area contributed by atoms with Gasteiger partial charge in [0.25, 0.3) is 0 Å². The molecule has 0 aliphatic rings. The van der Waals surface area contributed by atoms with Gasteiger partial charge in [0.05, 0.1) is 22.4 Å². The van der Waals surface area contributed by atoms with Crippen LogP contribution in [0.25, 0.3) is 0 Å². The van der Waals surface area contributed by atoms with E-state index in [1.54, 1.807) is 6.20 Å². The minimum absolute atomic E-state index is 0.227. The summed E-state index contributed by atoms with van der Waals surface area (Å²) >= 11 is 6.96. The standard InChI is InChI=1S/C12H15Br2N5/c1-2-19-12(9(14)6-17-19)11(18-16)8-5-7(13)3-4-10(8)15/h3-6,11,18H,2,15-16H2,1H3. The van der Waals surface area contributed by atoms with Gasteiger partial charge in [0.2, 0.25) is 0 Å². The van der Waals surface area contributed by atoms with E-state index in [9.17, 15) is 0 Å². The lowest BCUT2D eigenvalue weighted by molar-refractivity contribution is 0.542. The molecule has 0 saturated carbocycles. The summed E-state index contributed by atoms with van der Waals surface area (Å²) in [6.07, 6.45) is 1.76. The third-order valence-corrected chi connectivity index (χ3v) is 4.04. The number of nitrogens with zero attached hydrogens (tertiary/aromatic N) is 2. The molecule has 2 aromatic rings. The topological polar surface area (TPSA) is 81.9 Å². The number of hydrogen-bond acceptors (Lipinski definition) is 4. The highest BCUT2D eigenvalue weighted by atomic mass is 79.9. The van der Waals surface area contributed by atoms with E-state index in [0.717, 1.165) is 26.7 Å². The van der Waals surface area contributed by atoms with Gasteiger partial charge in [-0.3, -0.25) is 10.5 Å². The fourth-order valence-electron chi connectivity index (χ4n) is 2.02. The lowest BCUT2D eigenvalue weighted by Crippen LogP contribution is -2.31. The molecule has 102 valence electrons. The van der Waals surface area contributed by atoms with Crippen molar-refractivity contribution in [2.45, 2.75) is 19.5 Å². The van der Waals surface area contributed by atoms with Crippen LogP contribution >= 0.6 is 31.9 Å². The van der Waals surface area contributed by atoms with Gasteiger partial charge < -0.3 is 5.73 Å². The van der Waals surface area contributed by atoms with Crippen LogP contribution in [0.5, 0.6) is 0 Å². The second-order valence-electron chi connectivity index (χ2n) is 4.07. The Morgan fingerprint density at radius 3 is 2.79 bits per heavy atom. The van der Waals surface area contributed by atoms with Crippen molar-refractivity contribution in [2.75, 3.05) is 5.73 Å². The highest BCUT2D eigenvalue weighted by molar-refractivity contribution is 9.10. The summed E-state index contributed by atoms with van der Waals surface area (Å²) in [5.41, 5.74) is 11.4. The maximum absolute atomic E-state index is 6.05. The van der Waals surface area contributed by atoms with Crippen LogP contribution in [0.4, 0.5) is 5.69 Å². The normalized spacial score (nSPS) is 12.6. The summed E-state index contributed by atoms with van der Waals surface area (Å²) in [5, 5.41) is 4.30. The molecule has 0 aliphatic heterocycles. The minimum atomic E-state index is -0.227. The van der Waals surface area contributed by atoms with Crippen LogP contribution < -0.4 is 17.0 Å². The molecule has 0 radical (unpaired) electrons. The summed E-state index contributed by atoms with van der Waals surface area (Å²) < 4.78 is 3.74. The molecule has 19 heavy (non-hydrogen) atoms. The lowest BCUT2D eigenvalue weighted by Gasteiger charge is -2.20. The maximum atomic E-state index is 6.05. The molecule has 5 N–H and O–H groups in total. The van der Waals surface area contributed by atoms with Gasteiger partial charge in [-0.15, -0.1) is 0 Å². The van der Waals surface area contributed by atoms with E-state index in [4.69, 9.17) is 11.6 Å². The molecule has 0 saturated heterocycles. The smallest absolute Gasteiger partial charge is 0.0909 e. The van der Waals surface area contributed by atoms with E-state index in [1.807, 2.05) is 29.8 Å². The number of nitrogens with two attached hydrogens (primary N) is 2. The summed E-state index contributed by atoms with van der Waals surface area (Å²) in [4.78, 5) is 0. The first-order valence-electron chi connectivity index (χ1n) is 5.80. The highest BCUT2D eigenvalue weighted by Crippen LogP contribution is 2.32. The number of aryl methyl sites for hydroxylation is 1. The van der Waals surface area contributed by atoms with E-state index in [1.165, 1.54) is 0 Å². The van der Waals surface area contributed by atoms with Crippen LogP contribution in [0.15, 0.2) is 33.3 Å². The molecule has 1 aromatic carbocycles. The third-order valence-electron chi connectivity index (χ3n) is 2.93. The fourth-order valence-corrected chi connectivity index (χ4v) is 2.93. The highest BCUT2D eigenvalue weighted by Gasteiger charge is 2.22. The Balaban J connectivity index is 2.56. The predicted molar refractivity (Wildman–Crippen MR) is 83.3 cm³/mol. The van der Waals surface area contributed by atoms with E-state index in [-0.39, 0.29) is 6.04 Å². The molecule has 0 aliphatic carbocycles. The van der Waals surface area contributed by atoms with Gasteiger partial charge in [-0.1, -0.05) is 15.9 Å². The van der Waals surface area contributed by atoms with Crippen molar-refractivity contribution in [1.29, 1.82) is 0 Å². The summed E-state index contributed by atoms with van der Waals surface area (Å²) in [6.45, 7) is 2.79. The van der Waals surface area contributed by atoms with E-state index in [0.29, 0.717) is 5.69 Å². The first-order chi connectivity index (χ1) is 9.08. The van der Waals surface area contributed by atoms with Gasteiger partial charge in [0, 0.05) is 22.3 Å². The minimum Gasteiger partial charge on any atom is -0.398 e. The van der Waals surface area contributed by atoms with Gasteiger partial charge >= 0.3 is 0 Å². The first-order valence-corrected chi connectivity index (χ1v) is 7.39. The molecule has 1 unspecified atom stereocenters. The van der Waals surface area contributed by atoms with Crippen molar-refractivity contribution in [3.63, 3.8) is 0 Å². The van der Waals surface area contributed by atoms with Crippen molar-refractivity contribution in [3.05, 3.63) is 44.6 Å². The van der Waals surface area contributed by atoms with Crippen molar-refractivity contribution < 1.29 is 0 Å². The number of nitrogens with one attached hydrogen (secondary N) is 1. The Morgan fingerprint density at radius 2 is 2.16 bits per heavy atom. The van der Waals surface area contributed by atoms with Gasteiger partial charge in [-0.25, -0.2) is 5.43 Å². The lowest BCUT2D eigenvalue weighted by atomic mass is 10.0. The van der Waals surface area contributed by atoms with Gasteiger partial charge in [0.1, 0.15) is 0 Å². The fraction of sp³-hybridized carbons (Fsp3) is 0.250. The number of halogens is 2. The molecule has 0 spiro atoms. The van der Waals surface area contributed by atoms with Crippen LogP contribution in [0.3, 0.4) is 0 Å². The zero-order valence-electron chi connectivity index (χ0n) is 10.4. The number of hydrazine groups is 1. The summed E-state index contributed by atoms with van der Waals surface area (Å²) in [7, 11) is 0. The van der Waals surface area contributed by atoms with Crippen LogP contribution in [0, 0.1) is 0 Å². The Morgan fingerprint density at radius 1 is 1.42 bits per heavy atom. The SMILES string of the molecule is CCn1ncc(Br)c1C(NN)c1cc(Br)ccc1N. The van der Waals surface area contributed by atoms with Crippen molar-refractivity contribution in [1.82, 2.24) is 15.2 Å². The Hall–Kier alpha value is -0.890. The first kappa shape index (κ1) is 14.5. The Kier molecular flexibility index (Phi) is 4.62. The molecule has 1 aromatic heterocycles. The van der Waals surface area contributed by atoms with Crippen molar-refractivity contribution in [2.24, 2.45) is 5.84 Å². The second-order valence-corrected chi connectivity index (χ2v) is 5.84. The number of anilines is 1. The number of hydrogen-bond donors (Lipinski definition) is 3. The summed E-state index contributed by atoms with van der Waals surface area (Å²) in [6, 6.07) is 5.48. The van der Waals surface area contributed by atoms with Gasteiger partial charge in [-0.05, 0) is 41.1 Å². The van der Waals surface area contributed by atoms with Crippen LogP contribution in [0.1, 0.15) is 24.2 Å². The van der Waals surface area contributed by atoms with Crippen LogP contribution in [0.2, 0.25) is 0 Å². The molecule has 1 heterocycles. The number of nitrogen functional groups attached to an aromatic ring is 1. The molecule has 7 heteroatoms. The van der Waals surface area contributed by atoms with Crippen molar-refractivity contribution >= 4 is 37.5 Å². The van der Waals surface area contributed by atoms with E-state index < -0.39 is 0 Å². The van der Waals surface area contributed by atoms with E-state index in [2.05, 4.69) is 42.4 Å². The summed E-state index contributed by atoms with van der Waals surface area (Å²) in [5.74, 6) is 5.72. The molecule has 1 atom stereocenters. The Bertz CT molecular complexity index is 581.